The summed E-state index contributed by atoms with van der Waals surface area (Å²) in [6.07, 6.45) is -4.39. The van der Waals surface area contributed by atoms with Gasteiger partial charge in [-0.2, -0.15) is 13.2 Å². The maximum atomic E-state index is 12.5. The second kappa shape index (κ2) is 4.92. The van der Waals surface area contributed by atoms with Gasteiger partial charge >= 0.3 is 6.18 Å². The summed E-state index contributed by atoms with van der Waals surface area (Å²) in [5.74, 6) is -0.403. The Kier molecular flexibility index (Phi) is 3.44. The van der Waals surface area contributed by atoms with Crippen molar-refractivity contribution in [2.75, 3.05) is 0 Å². The van der Waals surface area contributed by atoms with E-state index in [4.69, 9.17) is 5.73 Å². The number of halogens is 3. The molecule has 0 saturated heterocycles. The average Bonchev–Trinajstić information content (AvgIpc) is 2.37. The predicted octanol–water partition coefficient (Wildman–Crippen LogP) is 2.57. The number of hydrogen-bond donors (Lipinski definition) is 1. The SMILES string of the molecule is Cc1nc(C(N)=O)cc(-c2ccc(C(F)(F)F)cc2)n1. The van der Waals surface area contributed by atoms with E-state index in [-0.39, 0.29) is 5.69 Å². The molecule has 4 nitrogen and oxygen atoms in total. The first-order chi connectivity index (χ1) is 9.27. The van der Waals surface area contributed by atoms with Crippen LogP contribution in [-0.2, 0) is 6.18 Å². The van der Waals surface area contributed by atoms with Crippen molar-refractivity contribution in [3.8, 4) is 11.3 Å². The van der Waals surface area contributed by atoms with Gasteiger partial charge in [0.15, 0.2) is 0 Å². The third-order valence-corrected chi connectivity index (χ3v) is 2.60. The molecule has 0 bridgehead atoms. The van der Waals surface area contributed by atoms with Crippen molar-refractivity contribution in [1.29, 1.82) is 0 Å². The van der Waals surface area contributed by atoms with Crippen molar-refractivity contribution in [2.24, 2.45) is 5.73 Å². The molecule has 1 aromatic heterocycles. The number of carbonyl (C=O) groups excluding carboxylic acids is 1. The molecule has 104 valence electrons. The molecule has 2 rings (SSSR count). The van der Waals surface area contributed by atoms with E-state index in [1.165, 1.54) is 18.2 Å². The Hall–Kier alpha value is -2.44. The third kappa shape index (κ3) is 2.93. The molecule has 20 heavy (non-hydrogen) atoms. The van der Waals surface area contributed by atoms with Gasteiger partial charge in [-0.3, -0.25) is 4.79 Å². The summed E-state index contributed by atoms with van der Waals surface area (Å²) in [4.78, 5) is 19.0. The lowest BCUT2D eigenvalue weighted by molar-refractivity contribution is -0.137. The highest BCUT2D eigenvalue weighted by atomic mass is 19.4. The fourth-order valence-electron chi connectivity index (χ4n) is 1.67. The first-order valence-electron chi connectivity index (χ1n) is 5.60. The molecule has 0 fully saturated rings. The van der Waals surface area contributed by atoms with Crippen LogP contribution in [-0.4, -0.2) is 15.9 Å². The van der Waals surface area contributed by atoms with Crippen molar-refractivity contribution in [3.05, 3.63) is 47.4 Å². The molecule has 0 radical (unpaired) electrons. The van der Waals surface area contributed by atoms with Gasteiger partial charge in [0.25, 0.3) is 5.91 Å². The van der Waals surface area contributed by atoms with Crippen LogP contribution in [0.25, 0.3) is 11.3 Å². The van der Waals surface area contributed by atoms with E-state index < -0.39 is 17.6 Å². The monoisotopic (exact) mass is 281 g/mol. The molecule has 2 aromatic rings. The average molecular weight is 281 g/mol. The zero-order valence-electron chi connectivity index (χ0n) is 10.4. The van der Waals surface area contributed by atoms with Crippen LogP contribution in [0.2, 0.25) is 0 Å². The van der Waals surface area contributed by atoms with Gasteiger partial charge in [0.1, 0.15) is 11.5 Å². The highest BCUT2D eigenvalue weighted by Crippen LogP contribution is 2.30. The topological polar surface area (TPSA) is 68.9 Å². The second-order valence-corrected chi connectivity index (χ2v) is 4.12. The summed E-state index contributed by atoms with van der Waals surface area (Å²) in [7, 11) is 0. The summed E-state index contributed by atoms with van der Waals surface area (Å²) in [5, 5.41) is 0. The number of primary amides is 1. The van der Waals surface area contributed by atoms with E-state index in [2.05, 4.69) is 9.97 Å². The molecule has 1 aromatic carbocycles. The standard InChI is InChI=1S/C13H10F3N3O/c1-7-18-10(6-11(19-7)12(17)20)8-2-4-9(5-3-8)13(14,15)16/h2-6H,1H3,(H2,17,20). The largest absolute Gasteiger partial charge is 0.416 e. The number of carbonyl (C=O) groups is 1. The van der Waals surface area contributed by atoms with Crippen LogP contribution in [0.1, 0.15) is 21.9 Å². The number of nitrogens with zero attached hydrogens (tertiary/aromatic N) is 2. The van der Waals surface area contributed by atoms with Gasteiger partial charge in [-0.05, 0) is 25.1 Å². The summed E-state index contributed by atoms with van der Waals surface area (Å²) >= 11 is 0. The van der Waals surface area contributed by atoms with Crippen LogP contribution in [0.15, 0.2) is 30.3 Å². The summed E-state index contributed by atoms with van der Waals surface area (Å²) in [6.45, 7) is 1.57. The molecule has 0 aliphatic heterocycles. The van der Waals surface area contributed by atoms with Crippen molar-refractivity contribution in [3.63, 3.8) is 0 Å². The van der Waals surface area contributed by atoms with Gasteiger partial charge in [-0.1, -0.05) is 12.1 Å². The Labute approximate surface area is 112 Å². The summed E-state index contributed by atoms with van der Waals surface area (Å²) in [6, 6.07) is 5.83. The van der Waals surface area contributed by atoms with Crippen LogP contribution < -0.4 is 5.73 Å². The number of aromatic nitrogens is 2. The molecule has 0 aliphatic rings. The fraction of sp³-hybridized carbons (Fsp3) is 0.154. The van der Waals surface area contributed by atoms with Gasteiger partial charge in [-0.25, -0.2) is 9.97 Å². The van der Waals surface area contributed by atoms with Gasteiger partial charge < -0.3 is 5.73 Å². The zero-order chi connectivity index (χ0) is 14.9. The predicted molar refractivity (Wildman–Crippen MR) is 65.7 cm³/mol. The number of rotatable bonds is 2. The Bertz CT molecular complexity index is 651. The van der Waals surface area contributed by atoms with E-state index in [1.54, 1.807) is 6.92 Å². The Balaban J connectivity index is 2.44. The number of alkyl halides is 3. The first kappa shape index (κ1) is 14.0. The summed E-state index contributed by atoms with van der Waals surface area (Å²) < 4.78 is 37.4. The Morgan fingerprint density at radius 2 is 1.75 bits per heavy atom. The van der Waals surface area contributed by atoms with Crippen molar-refractivity contribution in [1.82, 2.24) is 9.97 Å². The van der Waals surface area contributed by atoms with Crippen LogP contribution in [0, 0.1) is 6.92 Å². The minimum atomic E-state index is -4.39. The fourth-order valence-corrected chi connectivity index (χ4v) is 1.67. The first-order valence-corrected chi connectivity index (χ1v) is 5.60. The maximum absolute atomic E-state index is 12.5. The van der Waals surface area contributed by atoms with Crippen LogP contribution in [0.4, 0.5) is 13.2 Å². The lowest BCUT2D eigenvalue weighted by Gasteiger charge is -2.08. The van der Waals surface area contributed by atoms with Crippen molar-refractivity contribution in [2.45, 2.75) is 13.1 Å². The smallest absolute Gasteiger partial charge is 0.364 e. The third-order valence-electron chi connectivity index (χ3n) is 2.60. The number of amides is 1. The molecule has 0 spiro atoms. The van der Waals surface area contributed by atoms with Crippen LogP contribution in [0.3, 0.4) is 0 Å². The number of hydrogen-bond acceptors (Lipinski definition) is 3. The Morgan fingerprint density at radius 1 is 1.15 bits per heavy atom. The molecule has 0 aliphatic carbocycles. The highest BCUT2D eigenvalue weighted by molar-refractivity contribution is 5.91. The van der Waals surface area contributed by atoms with E-state index in [0.29, 0.717) is 17.1 Å². The van der Waals surface area contributed by atoms with Gasteiger partial charge in [0.2, 0.25) is 0 Å². The van der Waals surface area contributed by atoms with Gasteiger partial charge in [-0.15, -0.1) is 0 Å². The highest BCUT2D eigenvalue weighted by Gasteiger charge is 2.30. The molecular formula is C13H10F3N3O. The lowest BCUT2D eigenvalue weighted by atomic mass is 10.1. The van der Waals surface area contributed by atoms with E-state index >= 15 is 0 Å². The quantitative estimate of drug-likeness (QED) is 0.919. The van der Waals surface area contributed by atoms with Gasteiger partial charge in [0, 0.05) is 5.56 Å². The molecular weight excluding hydrogens is 271 g/mol. The maximum Gasteiger partial charge on any atom is 0.416 e. The normalized spacial score (nSPS) is 11.4. The lowest BCUT2D eigenvalue weighted by Crippen LogP contribution is -2.14. The van der Waals surface area contributed by atoms with E-state index in [9.17, 15) is 18.0 Å². The molecule has 0 unspecified atom stereocenters. The Morgan fingerprint density at radius 3 is 2.25 bits per heavy atom. The number of benzene rings is 1. The molecule has 0 atom stereocenters. The van der Waals surface area contributed by atoms with Gasteiger partial charge in [0.05, 0.1) is 11.3 Å². The molecule has 2 N–H and O–H groups in total. The molecule has 1 amide bonds. The molecule has 0 saturated carbocycles. The minimum Gasteiger partial charge on any atom is -0.364 e. The minimum absolute atomic E-state index is 0.0207. The van der Waals surface area contributed by atoms with E-state index in [1.807, 2.05) is 0 Å². The van der Waals surface area contributed by atoms with Crippen LogP contribution >= 0.6 is 0 Å². The number of nitrogens with two attached hydrogens (primary N) is 1. The molecule has 7 heteroatoms. The number of aryl methyl sites for hydroxylation is 1. The second-order valence-electron chi connectivity index (χ2n) is 4.12. The van der Waals surface area contributed by atoms with Crippen LogP contribution in [0.5, 0.6) is 0 Å². The summed E-state index contributed by atoms with van der Waals surface area (Å²) in [5.41, 5.74) is 5.20. The van der Waals surface area contributed by atoms with Crippen molar-refractivity contribution >= 4 is 5.91 Å². The molecule has 1 heterocycles. The zero-order valence-corrected chi connectivity index (χ0v) is 10.4. The van der Waals surface area contributed by atoms with Crippen molar-refractivity contribution < 1.29 is 18.0 Å². The van der Waals surface area contributed by atoms with E-state index in [0.717, 1.165) is 12.1 Å².